The third kappa shape index (κ3) is 1.38. The number of carbonyl (C=O) groups is 1. The Morgan fingerprint density at radius 1 is 1.91 bits per heavy atom. The van der Waals surface area contributed by atoms with Crippen molar-refractivity contribution < 1.29 is 9.90 Å². The molecule has 1 heterocycles. The Balaban J connectivity index is 2.98. The Bertz CT molecular complexity index is 308. The molecule has 0 spiro atoms. The van der Waals surface area contributed by atoms with Gasteiger partial charge in [-0.25, -0.2) is 14.3 Å². The van der Waals surface area contributed by atoms with Gasteiger partial charge < -0.3 is 5.11 Å². The van der Waals surface area contributed by atoms with Crippen LogP contribution in [0.1, 0.15) is 5.82 Å². The second-order valence-corrected chi connectivity index (χ2v) is 1.88. The summed E-state index contributed by atoms with van der Waals surface area (Å²) in [4.78, 5) is 14.2. The molecule has 0 radical (unpaired) electrons. The van der Waals surface area contributed by atoms with Crippen molar-refractivity contribution in [1.29, 1.82) is 0 Å². The smallest absolute Gasteiger partial charge is 0.417 e. The lowest BCUT2D eigenvalue weighted by Gasteiger charge is -1.95. The summed E-state index contributed by atoms with van der Waals surface area (Å²) in [5.41, 5.74) is 0. The van der Waals surface area contributed by atoms with Crippen LogP contribution in [-0.2, 0) is 6.42 Å². The Kier molecular flexibility index (Phi) is 1.93. The quantitative estimate of drug-likeness (QED) is 0.596. The van der Waals surface area contributed by atoms with Gasteiger partial charge in [0, 0.05) is 12.4 Å². The third-order valence-electron chi connectivity index (χ3n) is 1.18. The molecule has 0 aliphatic carbocycles. The van der Waals surface area contributed by atoms with E-state index in [1.807, 2.05) is 0 Å². The minimum Gasteiger partial charge on any atom is -0.464 e. The molecular weight excluding hydrogens is 144 g/mol. The van der Waals surface area contributed by atoms with E-state index in [0.717, 1.165) is 4.57 Å². The maximum absolute atomic E-state index is 10.4. The molecule has 4 heteroatoms. The molecule has 0 atom stereocenters. The first-order chi connectivity index (χ1) is 5.25. The monoisotopic (exact) mass is 150 g/mol. The summed E-state index contributed by atoms with van der Waals surface area (Å²) in [6.07, 6.45) is 6.93. The minimum absolute atomic E-state index is 0.235. The predicted octanol–water partition coefficient (Wildman–Crippen LogP) is 0.585. The molecule has 0 unspecified atom stereocenters. The second-order valence-electron chi connectivity index (χ2n) is 1.88. The van der Waals surface area contributed by atoms with Gasteiger partial charge in [-0.1, -0.05) is 5.92 Å². The highest BCUT2D eigenvalue weighted by Gasteiger charge is 2.05. The summed E-state index contributed by atoms with van der Waals surface area (Å²) >= 11 is 0. The maximum Gasteiger partial charge on any atom is 0.417 e. The number of carboxylic acid groups (broad SMARTS) is 1. The molecule has 0 saturated carbocycles. The average Bonchev–Trinajstić information content (AvgIpc) is 2.36. The number of terminal acetylenes is 1. The van der Waals surface area contributed by atoms with E-state index in [4.69, 9.17) is 11.5 Å². The van der Waals surface area contributed by atoms with Crippen LogP contribution >= 0.6 is 0 Å². The van der Waals surface area contributed by atoms with Gasteiger partial charge in [-0.3, -0.25) is 0 Å². The van der Waals surface area contributed by atoms with Crippen LogP contribution in [0.25, 0.3) is 0 Å². The highest BCUT2D eigenvalue weighted by atomic mass is 16.4. The number of hydrogen-bond donors (Lipinski definition) is 1. The molecule has 0 aliphatic rings. The molecule has 1 rings (SSSR count). The SMILES string of the molecule is C#CCc1nccn1C(=O)O. The molecular formula is C7H6N2O2. The lowest BCUT2D eigenvalue weighted by Crippen LogP contribution is -2.10. The molecule has 0 fully saturated rings. The molecule has 4 nitrogen and oxygen atoms in total. The fourth-order valence-corrected chi connectivity index (χ4v) is 0.731. The van der Waals surface area contributed by atoms with Crippen molar-refractivity contribution >= 4 is 6.09 Å². The van der Waals surface area contributed by atoms with E-state index < -0.39 is 6.09 Å². The number of aromatic nitrogens is 2. The van der Waals surface area contributed by atoms with Crippen molar-refractivity contribution in [2.45, 2.75) is 6.42 Å². The topological polar surface area (TPSA) is 55.1 Å². The highest BCUT2D eigenvalue weighted by Crippen LogP contribution is 1.96. The van der Waals surface area contributed by atoms with Gasteiger partial charge in [-0.15, -0.1) is 6.42 Å². The zero-order valence-corrected chi connectivity index (χ0v) is 5.69. The van der Waals surface area contributed by atoms with E-state index in [1.54, 1.807) is 0 Å². The van der Waals surface area contributed by atoms with Gasteiger partial charge in [0.15, 0.2) is 0 Å². The minimum atomic E-state index is -1.06. The first kappa shape index (κ1) is 7.35. The lowest BCUT2D eigenvalue weighted by molar-refractivity contribution is 0.195. The van der Waals surface area contributed by atoms with Crippen LogP contribution in [0.3, 0.4) is 0 Å². The van der Waals surface area contributed by atoms with Crippen LogP contribution in [0.5, 0.6) is 0 Å². The first-order valence-electron chi connectivity index (χ1n) is 2.94. The molecule has 56 valence electrons. The summed E-state index contributed by atoms with van der Waals surface area (Å²) < 4.78 is 1.000. The van der Waals surface area contributed by atoms with Gasteiger partial charge in [0.1, 0.15) is 5.82 Å². The summed E-state index contributed by atoms with van der Waals surface area (Å²) in [5.74, 6) is 2.69. The molecule has 0 bridgehead atoms. The van der Waals surface area contributed by atoms with Crippen LogP contribution in [0.15, 0.2) is 12.4 Å². The van der Waals surface area contributed by atoms with Gasteiger partial charge in [0.05, 0.1) is 6.42 Å². The molecule has 0 saturated heterocycles. The summed E-state index contributed by atoms with van der Waals surface area (Å²) in [6, 6.07) is 0. The standard InChI is InChI=1S/C7H6N2O2/c1-2-3-6-8-4-5-9(6)7(10)11/h1,4-5H,3H2,(H,10,11). The largest absolute Gasteiger partial charge is 0.464 e. The van der Waals surface area contributed by atoms with Crippen molar-refractivity contribution in [1.82, 2.24) is 9.55 Å². The molecule has 0 aromatic carbocycles. The number of imidazole rings is 1. The average molecular weight is 150 g/mol. The van der Waals surface area contributed by atoms with E-state index in [0.29, 0.717) is 5.82 Å². The Hall–Kier alpha value is -1.76. The van der Waals surface area contributed by atoms with Gasteiger partial charge in [-0.2, -0.15) is 0 Å². The van der Waals surface area contributed by atoms with Crippen LogP contribution in [0.4, 0.5) is 4.79 Å². The lowest BCUT2D eigenvalue weighted by atomic mass is 10.4. The fourth-order valence-electron chi connectivity index (χ4n) is 0.731. The van der Waals surface area contributed by atoms with Crippen molar-refractivity contribution in [2.75, 3.05) is 0 Å². The molecule has 1 N–H and O–H groups in total. The van der Waals surface area contributed by atoms with Crippen molar-refractivity contribution in [3.8, 4) is 12.3 Å². The van der Waals surface area contributed by atoms with Crippen molar-refractivity contribution in [2.24, 2.45) is 0 Å². The number of rotatable bonds is 1. The number of nitrogens with zero attached hydrogens (tertiary/aromatic N) is 2. The second kappa shape index (κ2) is 2.88. The van der Waals surface area contributed by atoms with E-state index in [1.165, 1.54) is 12.4 Å². The van der Waals surface area contributed by atoms with E-state index >= 15 is 0 Å². The van der Waals surface area contributed by atoms with Gasteiger partial charge in [0.2, 0.25) is 0 Å². The van der Waals surface area contributed by atoms with E-state index in [9.17, 15) is 4.79 Å². The molecule has 0 aliphatic heterocycles. The molecule has 0 amide bonds. The zero-order valence-electron chi connectivity index (χ0n) is 5.69. The molecule has 1 aromatic heterocycles. The van der Waals surface area contributed by atoms with Crippen LogP contribution in [-0.4, -0.2) is 20.8 Å². The third-order valence-corrected chi connectivity index (χ3v) is 1.18. The van der Waals surface area contributed by atoms with Crippen LogP contribution in [0.2, 0.25) is 0 Å². The van der Waals surface area contributed by atoms with Crippen molar-refractivity contribution in [3.63, 3.8) is 0 Å². The normalized spacial score (nSPS) is 9.00. The summed E-state index contributed by atoms with van der Waals surface area (Å²) in [5, 5.41) is 8.54. The Morgan fingerprint density at radius 2 is 2.64 bits per heavy atom. The van der Waals surface area contributed by atoms with Gasteiger partial charge in [-0.05, 0) is 0 Å². The first-order valence-corrected chi connectivity index (χ1v) is 2.94. The molecule has 11 heavy (non-hydrogen) atoms. The maximum atomic E-state index is 10.4. The van der Waals surface area contributed by atoms with Crippen LogP contribution in [0, 0.1) is 12.3 Å². The predicted molar refractivity (Wildman–Crippen MR) is 38.2 cm³/mol. The fraction of sp³-hybridized carbons (Fsp3) is 0.143. The van der Waals surface area contributed by atoms with Gasteiger partial charge in [0.25, 0.3) is 0 Å². The summed E-state index contributed by atoms with van der Waals surface area (Å²) in [6.45, 7) is 0. The van der Waals surface area contributed by atoms with Gasteiger partial charge >= 0.3 is 6.09 Å². The Morgan fingerprint density at radius 3 is 3.18 bits per heavy atom. The molecule has 1 aromatic rings. The van der Waals surface area contributed by atoms with Crippen LogP contribution < -0.4 is 0 Å². The highest BCUT2D eigenvalue weighted by molar-refractivity contribution is 5.68. The number of hydrogen-bond acceptors (Lipinski definition) is 2. The Labute approximate surface area is 63.5 Å². The van der Waals surface area contributed by atoms with E-state index in [2.05, 4.69) is 10.9 Å². The zero-order chi connectivity index (χ0) is 8.27. The summed E-state index contributed by atoms with van der Waals surface area (Å²) in [7, 11) is 0. The van der Waals surface area contributed by atoms with Crippen molar-refractivity contribution in [3.05, 3.63) is 18.2 Å². The van der Waals surface area contributed by atoms with E-state index in [-0.39, 0.29) is 6.42 Å².